The first-order valence-electron chi connectivity index (χ1n) is 10.7. The van der Waals surface area contributed by atoms with E-state index >= 15 is 0 Å². The number of thiocarbonyl (C=S) groups is 1. The Morgan fingerprint density at radius 3 is 2.53 bits per heavy atom. The number of aromatic nitrogens is 3. The Labute approximate surface area is 193 Å². The Hall–Kier alpha value is -3.51. The Kier molecular flexibility index (Phi) is 5.45. The van der Waals surface area contributed by atoms with Gasteiger partial charge in [0.05, 0.1) is 11.7 Å². The van der Waals surface area contributed by atoms with E-state index in [0.717, 1.165) is 23.5 Å². The fourth-order valence-electron chi connectivity index (χ4n) is 4.55. The lowest BCUT2D eigenvalue weighted by Crippen LogP contribution is -2.30. The maximum atomic E-state index is 5.88. The predicted molar refractivity (Wildman–Crippen MR) is 132 cm³/mol. The molecular weight excluding hydrogens is 414 g/mol. The molecule has 1 aliphatic heterocycles. The van der Waals surface area contributed by atoms with Crippen LogP contribution in [0.1, 0.15) is 40.2 Å². The summed E-state index contributed by atoms with van der Waals surface area (Å²) in [5.41, 5.74) is 6.84. The van der Waals surface area contributed by atoms with Crippen molar-refractivity contribution in [2.24, 2.45) is 0 Å². The Morgan fingerprint density at radius 2 is 1.81 bits per heavy atom. The van der Waals surface area contributed by atoms with Gasteiger partial charge in [0, 0.05) is 42.7 Å². The molecular formula is C26H25N5S. The Balaban J connectivity index is 1.62. The average molecular weight is 440 g/mol. The van der Waals surface area contributed by atoms with Gasteiger partial charge in [-0.15, -0.1) is 0 Å². The lowest BCUT2D eigenvalue weighted by molar-refractivity contribution is 0.533. The van der Waals surface area contributed by atoms with Gasteiger partial charge in [0.2, 0.25) is 0 Å². The highest BCUT2D eigenvalue weighted by atomic mass is 32.1. The Bertz CT molecular complexity index is 1220. The van der Waals surface area contributed by atoms with Crippen molar-refractivity contribution in [1.29, 1.82) is 0 Å². The van der Waals surface area contributed by atoms with Crippen LogP contribution in [0, 0.1) is 13.8 Å². The van der Waals surface area contributed by atoms with Crippen molar-refractivity contribution in [2.75, 3.05) is 4.90 Å². The molecule has 1 N–H and O–H groups in total. The number of nitrogens with zero attached hydrogens (tertiary/aromatic N) is 4. The first kappa shape index (κ1) is 20.4. The van der Waals surface area contributed by atoms with Crippen molar-refractivity contribution >= 4 is 23.0 Å². The molecule has 1 fully saturated rings. The van der Waals surface area contributed by atoms with Gasteiger partial charge in [0.1, 0.15) is 6.04 Å². The van der Waals surface area contributed by atoms with Crippen molar-refractivity contribution in [1.82, 2.24) is 19.9 Å². The molecule has 5 rings (SSSR count). The second-order valence-corrected chi connectivity index (χ2v) is 8.65. The highest BCUT2D eigenvalue weighted by Crippen LogP contribution is 2.42. The van der Waals surface area contributed by atoms with E-state index in [9.17, 15) is 0 Å². The van der Waals surface area contributed by atoms with Crippen LogP contribution in [-0.4, -0.2) is 19.6 Å². The number of pyridine rings is 2. The van der Waals surface area contributed by atoms with E-state index in [1.165, 1.54) is 16.8 Å². The summed E-state index contributed by atoms with van der Waals surface area (Å²) in [6, 6.07) is 20.9. The lowest BCUT2D eigenvalue weighted by Gasteiger charge is -2.29. The zero-order chi connectivity index (χ0) is 22.1. The minimum absolute atomic E-state index is 0.0368. The number of rotatable bonds is 5. The third kappa shape index (κ3) is 3.89. The van der Waals surface area contributed by atoms with Crippen LogP contribution in [0.3, 0.4) is 0 Å². The van der Waals surface area contributed by atoms with Crippen LogP contribution in [0.25, 0.3) is 0 Å². The maximum absolute atomic E-state index is 5.88. The van der Waals surface area contributed by atoms with Crippen molar-refractivity contribution in [3.63, 3.8) is 0 Å². The fourth-order valence-corrected chi connectivity index (χ4v) is 4.90. The summed E-state index contributed by atoms with van der Waals surface area (Å²) in [6.07, 6.45) is 7.68. The number of benzene rings is 1. The van der Waals surface area contributed by atoms with Crippen LogP contribution in [0.4, 0.5) is 5.69 Å². The predicted octanol–water partition coefficient (Wildman–Crippen LogP) is 5.12. The van der Waals surface area contributed by atoms with Gasteiger partial charge in [-0.3, -0.25) is 9.97 Å². The smallest absolute Gasteiger partial charge is 0.174 e. The van der Waals surface area contributed by atoms with Crippen molar-refractivity contribution in [3.05, 3.63) is 114 Å². The molecule has 160 valence electrons. The average Bonchev–Trinajstić information content (AvgIpc) is 3.38. The zero-order valence-electron chi connectivity index (χ0n) is 18.1. The standard InChI is InChI=1S/C26H25N5S/c1-18-13-19(2)15-21(14-18)31-25(24(29-26(31)32)22-8-3-4-11-28-22)23-9-6-12-30(23)17-20-7-5-10-27-16-20/h3-16,24-25H,17H2,1-2H3,(H,29,32)/t24-,25+/m0/s1. The van der Waals surface area contributed by atoms with E-state index in [2.05, 4.69) is 87.3 Å². The topological polar surface area (TPSA) is 46.0 Å². The van der Waals surface area contributed by atoms with Crippen LogP contribution in [-0.2, 0) is 6.54 Å². The molecule has 0 saturated carbocycles. The molecule has 2 atom stereocenters. The molecule has 5 nitrogen and oxygen atoms in total. The summed E-state index contributed by atoms with van der Waals surface area (Å²) in [5, 5.41) is 4.27. The first-order valence-corrected chi connectivity index (χ1v) is 11.1. The highest BCUT2D eigenvalue weighted by Gasteiger charge is 2.42. The second kappa shape index (κ2) is 8.55. The molecule has 1 saturated heterocycles. The number of anilines is 1. The van der Waals surface area contributed by atoms with Gasteiger partial charge in [0.15, 0.2) is 5.11 Å². The van der Waals surface area contributed by atoms with Gasteiger partial charge in [0.25, 0.3) is 0 Å². The van der Waals surface area contributed by atoms with Gasteiger partial charge in [-0.2, -0.15) is 0 Å². The number of aryl methyl sites for hydroxylation is 2. The van der Waals surface area contributed by atoms with Gasteiger partial charge < -0.3 is 14.8 Å². The van der Waals surface area contributed by atoms with Gasteiger partial charge in [-0.1, -0.05) is 18.2 Å². The molecule has 0 aliphatic carbocycles. The molecule has 4 aromatic rings. The first-order chi connectivity index (χ1) is 15.6. The van der Waals surface area contributed by atoms with Crippen LogP contribution in [0.5, 0.6) is 0 Å². The zero-order valence-corrected chi connectivity index (χ0v) is 19.0. The fraction of sp³-hybridized carbons (Fsp3) is 0.192. The van der Waals surface area contributed by atoms with Crippen LogP contribution < -0.4 is 10.2 Å². The molecule has 1 aliphatic rings. The van der Waals surface area contributed by atoms with Crippen LogP contribution >= 0.6 is 12.2 Å². The minimum atomic E-state index is -0.0629. The quantitative estimate of drug-likeness (QED) is 0.437. The monoisotopic (exact) mass is 439 g/mol. The molecule has 6 heteroatoms. The third-order valence-corrected chi connectivity index (χ3v) is 6.14. The molecule has 0 amide bonds. The van der Waals surface area contributed by atoms with Crippen LogP contribution in [0.15, 0.2) is 85.5 Å². The second-order valence-electron chi connectivity index (χ2n) is 8.26. The SMILES string of the molecule is Cc1cc(C)cc(N2C(=S)N[C@@H](c3ccccn3)[C@H]2c2cccn2Cc2cccnc2)c1. The molecule has 0 unspecified atom stereocenters. The molecule has 3 aromatic heterocycles. The minimum Gasteiger partial charge on any atom is -0.351 e. The van der Waals surface area contributed by atoms with Crippen molar-refractivity contribution < 1.29 is 0 Å². The normalized spacial score (nSPS) is 18.1. The van der Waals surface area contributed by atoms with Gasteiger partial charge in [-0.05, 0) is 85.2 Å². The lowest BCUT2D eigenvalue weighted by atomic mass is 10.00. The number of hydrogen-bond donors (Lipinski definition) is 1. The summed E-state index contributed by atoms with van der Waals surface area (Å²) in [6.45, 7) is 4.99. The third-order valence-electron chi connectivity index (χ3n) is 5.83. The number of hydrogen-bond acceptors (Lipinski definition) is 3. The largest absolute Gasteiger partial charge is 0.351 e. The van der Waals surface area contributed by atoms with Gasteiger partial charge in [-0.25, -0.2) is 0 Å². The molecule has 32 heavy (non-hydrogen) atoms. The molecule has 0 radical (unpaired) electrons. The summed E-state index contributed by atoms with van der Waals surface area (Å²) < 4.78 is 2.28. The summed E-state index contributed by atoms with van der Waals surface area (Å²) in [4.78, 5) is 11.2. The molecule has 1 aromatic carbocycles. The Morgan fingerprint density at radius 1 is 0.969 bits per heavy atom. The van der Waals surface area contributed by atoms with Crippen molar-refractivity contribution in [3.8, 4) is 0 Å². The van der Waals surface area contributed by atoms with E-state index < -0.39 is 0 Å². The summed E-state index contributed by atoms with van der Waals surface area (Å²) in [7, 11) is 0. The van der Waals surface area contributed by atoms with E-state index in [4.69, 9.17) is 12.2 Å². The summed E-state index contributed by atoms with van der Waals surface area (Å²) in [5.74, 6) is 0. The highest BCUT2D eigenvalue weighted by molar-refractivity contribution is 7.80. The number of nitrogens with one attached hydrogen (secondary N) is 1. The molecule has 0 spiro atoms. The molecule has 0 bridgehead atoms. The molecule has 4 heterocycles. The van der Waals surface area contributed by atoms with Gasteiger partial charge >= 0.3 is 0 Å². The summed E-state index contributed by atoms with van der Waals surface area (Å²) >= 11 is 5.88. The van der Waals surface area contributed by atoms with Crippen LogP contribution in [0.2, 0.25) is 0 Å². The van der Waals surface area contributed by atoms with E-state index in [-0.39, 0.29) is 12.1 Å². The van der Waals surface area contributed by atoms with E-state index in [1.54, 1.807) is 6.20 Å². The van der Waals surface area contributed by atoms with E-state index in [1.807, 2.05) is 30.6 Å². The maximum Gasteiger partial charge on any atom is 0.174 e. The van der Waals surface area contributed by atoms with E-state index in [0.29, 0.717) is 5.11 Å². The van der Waals surface area contributed by atoms with Crippen molar-refractivity contribution in [2.45, 2.75) is 32.5 Å².